The molecule has 0 unspecified atom stereocenters. The smallest absolute Gasteiger partial charge is 0.0700 e. The van der Waals surface area contributed by atoms with E-state index in [1.165, 1.54) is 16.7 Å². The van der Waals surface area contributed by atoms with Crippen LogP contribution in [0.4, 0.5) is 5.69 Å². The maximum Gasteiger partial charge on any atom is 0.0700 e. The Morgan fingerprint density at radius 1 is 0.875 bits per heavy atom. The van der Waals surface area contributed by atoms with Crippen LogP contribution in [0.3, 0.4) is 0 Å². The molecule has 0 fully saturated rings. The average Bonchev–Trinajstić information content (AvgIpc) is 2.30. The van der Waals surface area contributed by atoms with Crippen molar-refractivity contribution in [3.05, 3.63) is 53.6 Å². The molecule has 0 heterocycles. The van der Waals surface area contributed by atoms with Gasteiger partial charge in [0, 0.05) is 5.56 Å². The van der Waals surface area contributed by atoms with E-state index >= 15 is 0 Å². The number of aryl methyl sites for hydroxylation is 2. The third kappa shape index (κ3) is 2.03. The van der Waals surface area contributed by atoms with E-state index in [2.05, 4.69) is 62.0 Å². The minimum Gasteiger partial charge on any atom is -0.264 e. The fraction of sp³-hybridized carbons (Fsp3) is 0.133. The van der Waals surface area contributed by atoms with E-state index in [1.807, 2.05) is 6.07 Å². The van der Waals surface area contributed by atoms with Gasteiger partial charge in [-0.1, -0.05) is 41.5 Å². The van der Waals surface area contributed by atoms with E-state index < -0.39 is 0 Å². The van der Waals surface area contributed by atoms with Crippen molar-refractivity contribution in [3.63, 3.8) is 0 Å². The summed E-state index contributed by atoms with van der Waals surface area (Å²) < 4.78 is 0. The monoisotopic (exact) mass is 209 g/mol. The molecule has 16 heavy (non-hydrogen) atoms. The molecule has 0 aliphatic carbocycles. The summed E-state index contributed by atoms with van der Waals surface area (Å²) in [6, 6.07) is 14.7. The van der Waals surface area contributed by atoms with Crippen molar-refractivity contribution in [1.82, 2.24) is 0 Å². The Hall–Kier alpha value is -1.89. The molecule has 0 spiro atoms. The van der Waals surface area contributed by atoms with E-state index in [9.17, 15) is 0 Å². The maximum atomic E-state index is 4.06. The van der Waals surface area contributed by atoms with Crippen molar-refractivity contribution in [2.45, 2.75) is 13.8 Å². The third-order valence-corrected chi connectivity index (χ3v) is 2.68. The molecular formula is C15H15N. The molecule has 2 aromatic carbocycles. The van der Waals surface area contributed by atoms with Gasteiger partial charge in [-0.05, 0) is 38.3 Å². The highest BCUT2D eigenvalue weighted by atomic mass is 14.7. The summed E-state index contributed by atoms with van der Waals surface area (Å²) in [5.41, 5.74) is 5.79. The molecular weight excluding hydrogens is 194 g/mol. The zero-order valence-electron chi connectivity index (χ0n) is 9.70. The van der Waals surface area contributed by atoms with Crippen LogP contribution < -0.4 is 0 Å². The zero-order chi connectivity index (χ0) is 11.5. The van der Waals surface area contributed by atoms with Gasteiger partial charge in [-0.15, -0.1) is 0 Å². The highest BCUT2D eigenvalue weighted by Crippen LogP contribution is 2.30. The van der Waals surface area contributed by atoms with Crippen molar-refractivity contribution < 1.29 is 0 Å². The van der Waals surface area contributed by atoms with Crippen molar-refractivity contribution in [2.24, 2.45) is 4.99 Å². The molecule has 0 saturated carbocycles. The van der Waals surface area contributed by atoms with Gasteiger partial charge in [0.15, 0.2) is 0 Å². The van der Waals surface area contributed by atoms with Gasteiger partial charge in [0.25, 0.3) is 0 Å². The summed E-state index contributed by atoms with van der Waals surface area (Å²) in [6.07, 6.45) is 0. The molecule has 0 aliphatic heterocycles. The molecule has 0 atom stereocenters. The Balaban J connectivity index is 2.57. The van der Waals surface area contributed by atoms with Gasteiger partial charge in [0.05, 0.1) is 5.69 Å². The van der Waals surface area contributed by atoms with Gasteiger partial charge in [0.1, 0.15) is 0 Å². The lowest BCUT2D eigenvalue weighted by atomic mass is 10.0. The predicted octanol–water partition coefficient (Wildman–Crippen LogP) is 4.30. The number of hydrogen-bond donors (Lipinski definition) is 0. The Morgan fingerprint density at radius 2 is 1.50 bits per heavy atom. The molecule has 0 aromatic heterocycles. The van der Waals surface area contributed by atoms with Crippen LogP contribution in [0.25, 0.3) is 11.1 Å². The lowest BCUT2D eigenvalue weighted by molar-refractivity contribution is 1.42. The average molecular weight is 209 g/mol. The Kier molecular flexibility index (Phi) is 2.86. The van der Waals surface area contributed by atoms with Crippen LogP contribution >= 0.6 is 0 Å². The fourth-order valence-electron chi connectivity index (χ4n) is 1.75. The van der Waals surface area contributed by atoms with Gasteiger partial charge >= 0.3 is 0 Å². The number of rotatable bonds is 2. The molecule has 80 valence electrons. The number of hydrogen-bond acceptors (Lipinski definition) is 1. The lowest BCUT2D eigenvalue weighted by Gasteiger charge is -2.07. The van der Waals surface area contributed by atoms with Gasteiger partial charge in [-0.25, -0.2) is 0 Å². The molecule has 0 amide bonds. The van der Waals surface area contributed by atoms with Crippen LogP contribution in [0.2, 0.25) is 0 Å². The summed E-state index contributed by atoms with van der Waals surface area (Å²) in [7, 11) is 0. The van der Waals surface area contributed by atoms with Gasteiger partial charge in [-0.2, -0.15) is 0 Å². The summed E-state index contributed by atoms with van der Waals surface area (Å²) in [5.74, 6) is 0. The van der Waals surface area contributed by atoms with Crippen molar-refractivity contribution in [1.29, 1.82) is 0 Å². The number of benzene rings is 2. The van der Waals surface area contributed by atoms with E-state index in [0.717, 1.165) is 11.3 Å². The predicted molar refractivity (Wildman–Crippen MR) is 70.6 cm³/mol. The highest BCUT2D eigenvalue weighted by molar-refractivity contribution is 5.77. The Labute approximate surface area is 96.5 Å². The van der Waals surface area contributed by atoms with Crippen LogP contribution in [-0.2, 0) is 0 Å². The second-order valence-electron chi connectivity index (χ2n) is 4.04. The highest BCUT2D eigenvalue weighted by Gasteiger charge is 2.03. The van der Waals surface area contributed by atoms with Gasteiger partial charge < -0.3 is 0 Å². The molecule has 0 bridgehead atoms. The number of nitrogens with zero attached hydrogens (tertiary/aromatic N) is 1. The molecule has 2 aromatic rings. The molecule has 0 N–H and O–H groups in total. The van der Waals surface area contributed by atoms with Crippen LogP contribution in [0.1, 0.15) is 11.1 Å². The zero-order valence-corrected chi connectivity index (χ0v) is 9.70. The van der Waals surface area contributed by atoms with E-state index in [4.69, 9.17) is 0 Å². The maximum absolute atomic E-state index is 4.06. The summed E-state index contributed by atoms with van der Waals surface area (Å²) in [4.78, 5) is 4.06. The molecule has 0 saturated heterocycles. The minimum atomic E-state index is 0.939. The first-order valence-electron chi connectivity index (χ1n) is 5.35. The van der Waals surface area contributed by atoms with Crippen molar-refractivity contribution >= 4 is 12.4 Å². The standard InChI is InChI=1S/C15H15N/c1-11-4-7-13(8-5-11)14-10-12(2)6-9-15(14)16-3/h4-10H,3H2,1-2H3. The summed E-state index contributed by atoms with van der Waals surface area (Å²) in [6.45, 7) is 7.79. The van der Waals surface area contributed by atoms with Crippen LogP contribution in [0.15, 0.2) is 47.5 Å². The number of aliphatic imine (C=N–C) groups is 1. The largest absolute Gasteiger partial charge is 0.264 e. The van der Waals surface area contributed by atoms with Crippen LogP contribution in [-0.4, -0.2) is 6.72 Å². The molecule has 0 aliphatic rings. The SMILES string of the molecule is C=Nc1ccc(C)cc1-c1ccc(C)cc1. The van der Waals surface area contributed by atoms with Crippen molar-refractivity contribution in [2.75, 3.05) is 0 Å². The van der Waals surface area contributed by atoms with Gasteiger partial charge in [0.2, 0.25) is 0 Å². The second-order valence-corrected chi connectivity index (χ2v) is 4.04. The van der Waals surface area contributed by atoms with Crippen LogP contribution in [0, 0.1) is 13.8 Å². The molecule has 1 heteroatoms. The summed E-state index contributed by atoms with van der Waals surface area (Å²) in [5, 5.41) is 0. The Bertz CT molecular complexity index is 509. The first kappa shape index (κ1) is 10.6. The topological polar surface area (TPSA) is 12.4 Å². The third-order valence-electron chi connectivity index (χ3n) is 2.68. The quantitative estimate of drug-likeness (QED) is 0.654. The lowest BCUT2D eigenvalue weighted by Crippen LogP contribution is -1.81. The first-order chi connectivity index (χ1) is 7.70. The van der Waals surface area contributed by atoms with E-state index in [1.54, 1.807) is 0 Å². The molecule has 1 nitrogen and oxygen atoms in total. The Morgan fingerprint density at radius 3 is 2.12 bits per heavy atom. The molecule has 2 rings (SSSR count). The molecule has 0 radical (unpaired) electrons. The first-order valence-corrected chi connectivity index (χ1v) is 5.35. The van der Waals surface area contributed by atoms with E-state index in [0.29, 0.717) is 0 Å². The van der Waals surface area contributed by atoms with Crippen molar-refractivity contribution in [3.8, 4) is 11.1 Å². The van der Waals surface area contributed by atoms with E-state index in [-0.39, 0.29) is 0 Å². The van der Waals surface area contributed by atoms with Gasteiger partial charge in [-0.3, -0.25) is 4.99 Å². The second kappa shape index (κ2) is 4.31. The minimum absolute atomic E-state index is 0.939. The normalized spacial score (nSPS) is 10.1. The fourth-order valence-corrected chi connectivity index (χ4v) is 1.75. The summed E-state index contributed by atoms with van der Waals surface area (Å²) >= 11 is 0. The van der Waals surface area contributed by atoms with Crippen LogP contribution in [0.5, 0.6) is 0 Å².